The molecule has 0 unspecified atom stereocenters. The summed E-state index contributed by atoms with van der Waals surface area (Å²) < 4.78 is 2.26. The maximum Gasteiger partial charge on any atom is 0.191 e. The minimum absolute atomic E-state index is 0.544. The molecule has 1 aliphatic rings. The molecule has 2 rings (SSSR count). The van der Waals surface area contributed by atoms with Crippen LogP contribution >= 0.6 is 0 Å². The van der Waals surface area contributed by atoms with Gasteiger partial charge < -0.3 is 15.2 Å². The van der Waals surface area contributed by atoms with Crippen molar-refractivity contribution >= 4 is 5.96 Å². The Morgan fingerprint density at radius 2 is 1.88 bits per heavy atom. The van der Waals surface area contributed by atoms with Crippen LogP contribution in [0, 0.1) is 0 Å². The summed E-state index contributed by atoms with van der Waals surface area (Å²) >= 11 is 0. The van der Waals surface area contributed by atoms with Gasteiger partial charge in [0.15, 0.2) is 11.8 Å². The summed E-state index contributed by atoms with van der Waals surface area (Å²) in [5.41, 5.74) is 0. The van der Waals surface area contributed by atoms with Crippen LogP contribution < -0.4 is 10.6 Å². The first-order valence-electron chi connectivity index (χ1n) is 10.2. The summed E-state index contributed by atoms with van der Waals surface area (Å²) in [5.74, 6) is 2.95. The molecule has 0 bridgehead atoms. The molecule has 0 spiro atoms. The van der Waals surface area contributed by atoms with Gasteiger partial charge in [0, 0.05) is 44.7 Å². The zero-order valence-electron chi connectivity index (χ0n) is 17.3. The molecule has 0 fully saturated rings. The van der Waals surface area contributed by atoms with E-state index in [9.17, 15) is 0 Å². The molecule has 2 N–H and O–H groups in total. The third kappa shape index (κ3) is 5.97. The molecule has 26 heavy (non-hydrogen) atoms. The lowest BCUT2D eigenvalue weighted by atomic mass is 10.2. The molecular formula is C19H37N7. The summed E-state index contributed by atoms with van der Waals surface area (Å²) in [6.45, 7) is 15.4. The van der Waals surface area contributed by atoms with Gasteiger partial charge in [-0.25, -0.2) is 4.99 Å². The van der Waals surface area contributed by atoms with E-state index in [4.69, 9.17) is 4.99 Å². The quantitative estimate of drug-likeness (QED) is 0.547. The molecule has 0 aromatic carbocycles. The van der Waals surface area contributed by atoms with E-state index in [0.29, 0.717) is 18.6 Å². The van der Waals surface area contributed by atoms with Crippen molar-refractivity contribution in [3.8, 4) is 0 Å². The van der Waals surface area contributed by atoms with Crippen LogP contribution in [-0.2, 0) is 19.5 Å². The monoisotopic (exact) mass is 363 g/mol. The number of hydrogen-bond acceptors (Lipinski definition) is 4. The van der Waals surface area contributed by atoms with E-state index in [1.807, 2.05) is 0 Å². The van der Waals surface area contributed by atoms with Crippen molar-refractivity contribution in [1.82, 2.24) is 30.3 Å². The van der Waals surface area contributed by atoms with E-state index < -0.39 is 0 Å². The zero-order valence-corrected chi connectivity index (χ0v) is 17.3. The SMILES string of the molecule is CCNC(=NCc1nnc2n1CCCCC2)NCCN(C(C)C)C(C)C. The lowest BCUT2D eigenvalue weighted by Crippen LogP contribution is -2.45. The number of fused-ring (bicyclic) bond motifs is 1. The Morgan fingerprint density at radius 1 is 1.12 bits per heavy atom. The maximum atomic E-state index is 4.73. The van der Waals surface area contributed by atoms with Crippen LogP contribution in [0.15, 0.2) is 4.99 Å². The largest absolute Gasteiger partial charge is 0.357 e. The number of aliphatic imine (C=N–C) groups is 1. The number of rotatable bonds is 8. The van der Waals surface area contributed by atoms with Gasteiger partial charge in [-0.05, 0) is 47.5 Å². The summed E-state index contributed by atoms with van der Waals surface area (Å²) in [7, 11) is 0. The predicted molar refractivity (Wildman–Crippen MR) is 107 cm³/mol. The second-order valence-electron chi connectivity index (χ2n) is 7.54. The Bertz CT molecular complexity index is 554. The van der Waals surface area contributed by atoms with E-state index in [1.165, 1.54) is 19.3 Å². The van der Waals surface area contributed by atoms with E-state index in [0.717, 1.165) is 50.2 Å². The third-order valence-corrected chi connectivity index (χ3v) is 4.90. The topological polar surface area (TPSA) is 70.4 Å². The number of aryl methyl sites for hydroxylation is 1. The van der Waals surface area contributed by atoms with Crippen LogP contribution in [-0.4, -0.2) is 57.3 Å². The second-order valence-corrected chi connectivity index (χ2v) is 7.54. The maximum absolute atomic E-state index is 4.73. The van der Waals surface area contributed by atoms with Gasteiger partial charge in [0.1, 0.15) is 12.4 Å². The van der Waals surface area contributed by atoms with Gasteiger partial charge in [0.2, 0.25) is 0 Å². The average Bonchev–Trinajstić information content (AvgIpc) is 2.82. The van der Waals surface area contributed by atoms with Crippen molar-refractivity contribution in [2.75, 3.05) is 19.6 Å². The molecule has 148 valence electrons. The molecule has 1 aromatic heterocycles. The van der Waals surface area contributed by atoms with E-state index in [2.05, 4.69) is 64.9 Å². The second kappa shape index (κ2) is 10.5. The number of aromatic nitrogens is 3. The van der Waals surface area contributed by atoms with Crippen molar-refractivity contribution in [1.29, 1.82) is 0 Å². The Balaban J connectivity index is 1.93. The molecule has 1 aromatic rings. The number of guanidine groups is 1. The van der Waals surface area contributed by atoms with Crippen LogP contribution in [0.25, 0.3) is 0 Å². The molecule has 2 heterocycles. The van der Waals surface area contributed by atoms with Gasteiger partial charge in [-0.2, -0.15) is 0 Å². The van der Waals surface area contributed by atoms with Gasteiger partial charge in [0.05, 0.1) is 0 Å². The predicted octanol–water partition coefficient (Wildman–Crippen LogP) is 2.18. The van der Waals surface area contributed by atoms with Crippen molar-refractivity contribution in [2.45, 2.75) is 85.5 Å². The van der Waals surface area contributed by atoms with Crippen LogP contribution in [0.2, 0.25) is 0 Å². The van der Waals surface area contributed by atoms with E-state index in [-0.39, 0.29) is 0 Å². The fourth-order valence-corrected chi connectivity index (χ4v) is 3.57. The fraction of sp³-hybridized carbons (Fsp3) is 0.842. The first-order chi connectivity index (χ1) is 12.5. The van der Waals surface area contributed by atoms with Gasteiger partial charge in [-0.1, -0.05) is 6.42 Å². The Morgan fingerprint density at radius 3 is 2.58 bits per heavy atom. The molecule has 1 aliphatic heterocycles. The number of nitrogens with zero attached hydrogens (tertiary/aromatic N) is 5. The van der Waals surface area contributed by atoms with E-state index >= 15 is 0 Å². The molecule has 0 radical (unpaired) electrons. The van der Waals surface area contributed by atoms with Crippen molar-refractivity contribution in [3.63, 3.8) is 0 Å². The van der Waals surface area contributed by atoms with Crippen molar-refractivity contribution in [2.24, 2.45) is 4.99 Å². The molecule has 0 amide bonds. The Labute approximate surface area is 158 Å². The minimum atomic E-state index is 0.544. The lowest BCUT2D eigenvalue weighted by molar-refractivity contribution is 0.178. The molecule has 0 atom stereocenters. The fourth-order valence-electron chi connectivity index (χ4n) is 3.57. The number of hydrogen-bond donors (Lipinski definition) is 2. The average molecular weight is 364 g/mol. The van der Waals surface area contributed by atoms with Crippen LogP contribution in [0.1, 0.15) is 65.5 Å². The van der Waals surface area contributed by atoms with Gasteiger partial charge in [-0.15, -0.1) is 10.2 Å². The molecule has 7 nitrogen and oxygen atoms in total. The highest BCUT2D eigenvalue weighted by Crippen LogP contribution is 2.14. The van der Waals surface area contributed by atoms with Crippen molar-refractivity contribution in [3.05, 3.63) is 11.6 Å². The van der Waals surface area contributed by atoms with Crippen LogP contribution in [0.5, 0.6) is 0 Å². The zero-order chi connectivity index (χ0) is 18.9. The molecule has 0 aliphatic carbocycles. The van der Waals surface area contributed by atoms with E-state index in [1.54, 1.807) is 0 Å². The van der Waals surface area contributed by atoms with Gasteiger partial charge in [0.25, 0.3) is 0 Å². The highest BCUT2D eigenvalue weighted by molar-refractivity contribution is 5.79. The van der Waals surface area contributed by atoms with Crippen LogP contribution in [0.4, 0.5) is 0 Å². The summed E-state index contributed by atoms with van der Waals surface area (Å²) in [6.07, 6.45) is 4.74. The summed E-state index contributed by atoms with van der Waals surface area (Å²) in [6, 6.07) is 1.09. The standard InChI is InChI=1S/C19H37N7/c1-6-20-19(21-11-13-25(15(2)3)16(4)5)22-14-18-24-23-17-10-8-7-9-12-26(17)18/h15-16H,6-14H2,1-5H3,(H2,20,21,22). The molecule has 0 saturated carbocycles. The Hall–Kier alpha value is -1.63. The molecular weight excluding hydrogens is 326 g/mol. The summed E-state index contributed by atoms with van der Waals surface area (Å²) in [5, 5.41) is 15.5. The highest BCUT2D eigenvalue weighted by Gasteiger charge is 2.15. The van der Waals surface area contributed by atoms with Gasteiger partial charge in [-0.3, -0.25) is 4.90 Å². The summed E-state index contributed by atoms with van der Waals surface area (Å²) in [4.78, 5) is 7.21. The number of nitrogens with one attached hydrogen (secondary N) is 2. The normalized spacial score (nSPS) is 15.5. The highest BCUT2D eigenvalue weighted by atomic mass is 15.3. The first kappa shape index (κ1) is 20.7. The Kier molecular flexibility index (Phi) is 8.35. The van der Waals surface area contributed by atoms with Crippen LogP contribution in [0.3, 0.4) is 0 Å². The third-order valence-electron chi connectivity index (χ3n) is 4.90. The van der Waals surface area contributed by atoms with Crippen molar-refractivity contribution < 1.29 is 0 Å². The van der Waals surface area contributed by atoms with Gasteiger partial charge >= 0.3 is 0 Å². The minimum Gasteiger partial charge on any atom is -0.357 e. The molecule has 0 saturated heterocycles. The molecule has 7 heteroatoms. The first-order valence-corrected chi connectivity index (χ1v) is 10.2. The lowest BCUT2D eigenvalue weighted by Gasteiger charge is -2.30. The smallest absolute Gasteiger partial charge is 0.191 e.